The van der Waals surface area contributed by atoms with Gasteiger partial charge < -0.3 is 5.32 Å². The van der Waals surface area contributed by atoms with Crippen LogP contribution in [0.25, 0.3) is 15.9 Å². The molecule has 8 heteroatoms. The molecule has 0 radical (unpaired) electrons. The summed E-state index contributed by atoms with van der Waals surface area (Å²) >= 11 is 2.52. The Hall–Kier alpha value is -2.97. The van der Waals surface area contributed by atoms with E-state index in [9.17, 15) is 14.0 Å². The van der Waals surface area contributed by atoms with Crippen LogP contribution in [0.1, 0.15) is 16.7 Å². The van der Waals surface area contributed by atoms with Crippen LogP contribution in [0.3, 0.4) is 0 Å². The summed E-state index contributed by atoms with van der Waals surface area (Å²) in [7, 11) is 0. The number of fused-ring (bicyclic) bond motifs is 1. The van der Waals surface area contributed by atoms with Crippen molar-refractivity contribution < 1.29 is 9.18 Å². The van der Waals surface area contributed by atoms with Crippen molar-refractivity contribution in [2.45, 2.75) is 25.9 Å². The van der Waals surface area contributed by atoms with Gasteiger partial charge in [-0.2, -0.15) is 0 Å². The molecule has 5 nitrogen and oxygen atoms in total. The number of aryl methyl sites for hydroxylation is 3. The van der Waals surface area contributed by atoms with Crippen LogP contribution in [0.15, 0.2) is 57.8 Å². The molecule has 0 saturated carbocycles. The van der Waals surface area contributed by atoms with E-state index in [1.807, 2.05) is 37.4 Å². The number of carbonyl (C=O) groups excluding carboxylic acids is 1. The van der Waals surface area contributed by atoms with Gasteiger partial charge in [0.25, 0.3) is 5.56 Å². The van der Waals surface area contributed by atoms with E-state index >= 15 is 0 Å². The Kier molecular flexibility index (Phi) is 5.93. The highest BCUT2D eigenvalue weighted by atomic mass is 32.2. The first-order valence-electron chi connectivity index (χ1n) is 9.60. The largest absolute Gasteiger partial charge is 0.325 e. The van der Waals surface area contributed by atoms with Gasteiger partial charge in [0.1, 0.15) is 10.5 Å². The molecule has 31 heavy (non-hydrogen) atoms. The third-order valence-corrected chi connectivity index (χ3v) is 6.66. The number of nitrogens with one attached hydrogen (secondary N) is 1. The minimum atomic E-state index is -0.376. The highest BCUT2D eigenvalue weighted by molar-refractivity contribution is 7.99. The summed E-state index contributed by atoms with van der Waals surface area (Å²) in [6.07, 6.45) is 0. The van der Waals surface area contributed by atoms with Gasteiger partial charge in [-0.05, 0) is 61.5 Å². The molecule has 0 aliphatic carbocycles. The maximum absolute atomic E-state index is 13.7. The van der Waals surface area contributed by atoms with Crippen molar-refractivity contribution in [2.24, 2.45) is 0 Å². The van der Waals surface area contributed by atoms with Crippen molar-refractivity contribution in [3.63, 3.8) is 0 Å². The van der Waals surface area contributed by atoms with Crippen molar-refractivity contribution in [2.75, 3.05) is 11.1 Å². The van der Waals surface area contributed by atoms with Gasteiger partial charge in [-0.1, -0.05) is 35.5 Å². The molecule has 158 valence electrons. The van der Waals surface area contributed by atoms with Crippen molar-refractivity contribution >= 4 is 44.9 Å². The number of aromatic nitrogens is 2. The summed E-state index contributed by atoms with van der Waals surface area (Å²) in [4.78, 5) is 30.3. The Morgan fingerprint density at radius 3 is 2.68 bits per heavy atom. The molecule has 0 bridgehead atoms. The van der Waals surface area contributed by atoms with Crippen molar-refractivity contribution in [1.82, 2.24) is 9.55 Å². The number of amides is 1. The van der Waals surface area contributed by atoms with E-state index in [0.717, 1.165) is 16.8 Å². The minimum Gasteiger partial charge on any atom is -0.325 e. The molecule has 0 aliphatic heterocycles. The molecule has 2 aromatic heterocycles. The molecule has 0 aliphatic rings. The zero-order valence-electron chi connectivity index (χ0n) is 17.2. The lowest BCUT2D eigenvalue weighted by molar-refractivity contribution is -0.113. The van der Waals surface area contributed by atoms with E-state index in [0.29, 0.717) is 26.6 Å². The van der Waals surface area contributed by atoms with Gasteiger partial charge in [-0.25, -0.2) is 9.37 Å². The van der Waals surface area contributed by atoms with Gasteiger partial charge in [-0.15, -0.1) is 11.3 Å². The SMILES string of the molecule is Cc1ccc(-n2c(SCC(=O)Nc3ccc(C)c(F)c3)nc3ccsc3c2=O)c(C)c1. The predicted octanol–water partition coefficient (Wildman–Crippen LogP) is 5.24. The first kappa shape index (κ1) is 21.3. The summed E-state index contributed by atoms with van der Waals surface area (Å²) in [5.41, 5.74) is 4.14. The first-order chi connectivity index (χ1) is 14.8. The minimum absolute atomic E-state index is 0.0302. The van der Waals surface area contributed by atoms with Crippen LogP contribution in [0.5, 0.6) is 0 Å². The summed E-state index contributed by atoms with van der Waals surface area (Å²) in [6, 6.07) is 12.2. The fourth-order valence-corrected chi connectivity index (χ4v) is 4.82. The van der Waals surface area contributed by atoms with Gasteiger partial charge in [0.2, 0.25) is 5.91 Å². The van der Waals surface area contributed by atoms with Crippen LogP contribution in [0, 0.1) is 26.6 Å². The number of carbonyl (C=O) groups is 1. The van der Waals surface area contributed by atoms with Crippen LogP contribution in [-0.2, 0) is 4.79 Å². The Bertz CT molecular complexity index is 1360. The second-order valence-corrected chi connectivity index (χ2v) is 9.12. The molecule has 1 amide bonds. The van der Waals surface area contributed by atoms with Crippen LogP contribution >= 0.6 is 23.1 Å². The van der Waals surface area contributed by atoms with Gasteiger partial charge in [-0.3, -0.25) is 14.2 Å². The van der Waals surface area contributed by atoms with Crippen molar-refractivity contribution in [1.29, 1.82) is 0 Å². The van der Waals surface area contributed by atoms with Gasteiger partial charge in [0, 0.05) is 5.69 Å². The lowest BCUT2D eigenvalue weighted by Crippen LogP contribution is -2.23. The van der Waals surface area contributed by atoms with Gasteiger partial charge in [0.05, 0.1) is 17.0 Å². The normalized spacial score (nSPS) is 11.1. The van der Waals surface area contributed by atoms with Crippen LogP contribution in [0.2, 0.25) is 0 Å². The van der Waals surface area contributed by atoms with E-state index in [4.69, 9.17) is 0 Å². The summed E-state index contributed by atoms with van der Waals surface area (Å²) < 4.78 is 15.9. The number of halogens is 1. The predicted molar refractivity (Wildman–Crippen MR) is 125 cm³/mol. The highest BCUT2D eigenvalue weighted by Gasteiger charge is 2.17. The topological polar surface area (TPSA) is 64.0 Å². The quantitative estimate of drug-likeness (QED) is 0.331. The summed E-state index contributed by atoms with van der Waals surface area (Å²) in [5, 5.41) is 4.96. The number of hydrogen-bond acceptors (Lipinski definition) is 5. The molecule has 0 saturated heterocycles. The fraction of sp³-hybridized carbons (Fsp3) is 0.174. The number of benzene rings is 2. The molecule has 0 atom stereocenters. The fourth-order valence-electron chi connectivity index (χ4n) is 3.26. The zero-order chi connectivity index (χ0) is 22.1. The molecule has 0 spiro atoms. The maximum Gasteiger partial charge on any atom is 0.276 e. The second-order valence-electron chi connectivity index (χ2n) is 7.26. The number of thioether (sulfide) groups is 1. The van der Waals surface area contributed by atoms with Crippen molar-refractivity contribution in [3.8, 4) is 5.69 Å². The maximum atomic E-state index is 13.7. The van der Waals surface area contributed by atoms with E-state index in [1.165, 1.54) is 29.2 Å². The highest BCUT2D eigenvalue weighted by Crippen LogP contribution is 2.26. The van der Waals surface area contributed by atoms with E-state index in [1.54, 1.807) is 29.7 Å². The Morgan fingerprint density at radius 1 is 1.13 bits per heavy atom. The molecule has 4 rings (SSSR count). The molecule has 1 N–H and O–H groups in total. The second kappa shape index (κ2) is 8.64. The molecule has 4 aromatic rings. The van der Waals surface area contributed by atoms with Gasteiger partial charge >= 0.3 is 0 Å². The van der Waals surface area contributed by atoms with Crippen molar-refractivity contribution in [3.05, 3.63) is 80.7 Å². The summed E-state index contributed by atoms with van der Waals surface area (Å²) in [6.45, 7) is 5.60. The van der Waals surface area contributed by atoms with Crippen LogP contribution in [-0.4, -0.2) is 21.2 Å². The third kappa shape index (κ3) is 4.40. The van der Waals surface area contributed by atoms with E-state index < -0.39 is 0 Å². The van der Waals surface area contributed by atoms with Crippen LogP contribution < -0.4 is 10.9 Å². The smallest absolute Gasteiger partial charge is 0.276 e. The lowest BCUT2D eigenvalue weighted by atomic mass is 10.1. The molecule has 2 heterocycles. The lowest BCUT2D eigenvalue weighted by Gasteiger charge is -2.14. The summed E-state index contributed by atoms with van der Waals surface area (Å²) in [5.74, 6) is -0.651. The Labute approximate surface area is 187 Å². The zero-order valence-corrected chi connectivity index (χ0v) is 18.9. The molecular weight excluding hydrogens is 433 g/mol. The van der Waals surface area contributed by atoms with E-state index in [2.05, 4.69) is 10.3 Å². The monoisotopic (exact) mass is 453 g/mol. The van der Waals surface area contributed by atoms with E-state index in [-0.39, 0.29) is 23.0 Å². The Balaban J connectivity index is 1.65. The Morgan fingerprint density at radius 2 is 1.94 bits per heavy atom. The molecule has 0 fully saturated rings. The van der Waals surface area contributed by atoms with Gasteiger partial charge in [0.15, 0.2) is 5.16 Å². The number of nitrogens with zero attached hydrogens (tertiary/aromatic N) is 2. The molecule has 0 unspecified atom stereocenters. The third-order valence-electron chi connectivity index (χ3n) is 4.83. The standard InChI is InChI=1S/C23H20FN3O2S2/c1-13-4-7-19(15(3)10-13)27-22(29)21-18(8-9-30-21)26-23(27)31-12-20(28)25-16-6-5-14(2)17(24)11-16/h4-11H,12H2,1-3H3,(H,25,28). The molecule has 2 aromatic carbocycles. The molecular formula is C23H20FN3O2S2. The number of thiophene rings is 1. The number of anilines is 1. The van der Waals surface area contributed by atoms with Crippen LogP contribution in [0.4, 0.5) is 10.1 Å². The average Bonchev–Trinajstić information content (AvgIpc) is 3.19. The average molecular weight is 454 g/mol. The first-order valence-corrected chi connectivity index (χ1v) is 11.5. The number of rotatable bonds is 5. The number of hydrogen-bond donors (Lipinski definition) is 1.